The van der Waals surface area contributed by atoms with Gasteiger partial charge in [-0.3, -0.25) is 0 Å². The highest BCUT2D eigenvalue weighted by molar-refractivity contribution is 9.11. The Morgan fingerprint density at radius 3 is 2.80 bits per heavy atom. The van der Waals surface area contributed by atoms with Gasteiger partial charge >= 0.3 is 0 Å². The van der Waals surface area contributed by atoms with Gasteiger partial charge in [-0.15, -0.1) is 11.3 Å². The first-order valence-electron chi connectivity index (χ1n) is 2.58. The molecule has 1 atom stereocenters. The summed E-state index contributed by atoms with van der Waals surface area (Å²) in [5, 5.41) is 1.94. The Kier molecular flexibility index (Phi) is 3.07. The first kappa shape index (κ1) is 8.43. The number of carbonyl (C=O) groups is 1. The molecule has 1 aromatic heterocycles. The number of alkyl halides is 1. The molecule has 54 valence electrons. The monoisotopic (exact) mass is 282 g/mol. The molecule has 10 heavy (non-hydrogen) atoms. The van der Waals surface area contributed by atoms with Gasteiger partial charge in [0.1, 0.15) is 11.1 Å². The number of rotatable bonds is 2. The van der Waals surface area contributed by atoms with Gasteiger partial charge in [0, 0.05) is 9.35 Å². The third kappa shape index (κ3) is 1.68. The van der Waals surface area contributed by atoms with Crippen LogP contribution in [-0.2, 0) is 4.79 Å². The minimum absolute atomic E-state index is 0.165. The summed E-state index contributed by atoms with van der Waals surface area (Å²) in [6, 6.07) is 1.93. The third-order valence-corrected chi connectivity index (χ3v) is 3.95. The lowest BCUT2D eigenvalue weighted by Crippen LogP contribution is -1.85. The van der Waals surface area contributed by atoms with Crippen molar-refractivity contribution < 1.29 is 4.79 Å². The molecule has 0 aromatic carbocycles. The molecule has 0 N–H and O–H groups in total. The smallest absolute Gasteiger partial charge is 0.138 e. The standard InChI is InChI=1S/C6H4Br2OS/c7-4-1-2-10-6(4)5(8)3-9/h1-3,5H. The Balaban J connectivity index is 2.92. The Labute approximate surface area is 79.7 Å². The molecule has 0 saturated heterocycles. The molecule has 0 spiro atoms. The quantitative estimate of drug-likeness (QED) is 0.602. The molecule has 0 aliphatic heterocycles. The molecule has 0 saturated carbocycles. The highest BCUT2D eigenvalue weighted by Crippen LogP contribution is 2.32. The van der Waals surface area contributed by atoms with E-state index >= 15 is 0 Å². The van der Waals surface area contributed by atoms with Gasteiger partial charge in [0.05, 0.1) is 0 Å². The van der Waals surface area contributed by atoms with Gasteiger partial charge in [-0.25, -0.2) is 0 Å². The summed E-state index contributed by atoms with van der Waals surface area (Å²) in [5.41, 5.74) is 0. The fourth-order valence-electron chi connectivity index (χ4n) is 0.564. The number of aldehydes is 1. The Morgan fingerprint density at radius 2 is 2.40 bits per heavy atom. The van der Waals surface area contributed by atoms with E-state index in [1.54, 1.807) is 11.3 Å². The maximum atomic E-state index is 10.3. The van der Waals surface area contributed by atoms with Crippen LogP contribution < -0.4 is 0 Å². The van der Waals surface area contributed by atoms with Crippen LogP contribution in [0.5, 0.6) is 0 Å². The largest absolute Gasteiger partial charge is 0.302 e. The topological polar surface area (TPSA) is 17.1 Å². The van der Waals surface area contributed by atoms with Gasteiger partial charge in [0.15, 0.2) is 0 Å². The minimum atomic E-state index is -0.165. The molecule has 0 amide bonds. The van der Waals surface area contributed by atoms with E-state index in [1.807, 2.05) is 11.4 Å². The predicted molar refractivity (Wildman–Crippen MR) is 49.8 cm³/mol. The molecule has 0 fully saturated rings. The van der Waals surface area contributed by atoms with Gasteiger partial charge in [-0.05, 0) is 27.4 Å². The Bertz CT molecular complexity index is 233. The van der Waals surface area contributed by atoms with Crippen LogP contribution in [0.4, 0.5) is 0 Å². The summed E-state index contributed by atoms with van der Waals surface area (Å²) >= 11 is 8.11. The fourth-order valence-corrected chi connectivity index (χ4v) is 2.99. The molecule has 0 aliphatic rings. The molecule has 4 heteroatoms. The van der Waals surface area contributed by atoms with E-state index in [2.05, 4.69) is 31.9 Å². The van der Waals surface area contributed by atoms with Crippen molar-refractivity contribution in [1.29, 1.82) is 0 Å². The van der Waals surface area contributed by atoms with Gasteiger partial charge in [-0.1, -0.05) is 15.9 Å². The van der Waals surface area contributed by atoms with Crippen LogP contribution in [0, 0.1) is 0 Å². The van der Waals surface area contributed by atoms with E-state index < -0.39 is 0 Å². The number of thiophene rings is 1. The van der Waals surface area contributed by atoms with E-state index in [0.717, 1.165) is 15.6 Å². The summed E-state index contributed by atoms with van der Waals surface area (Å²) in [5.74, 6) is 0. The van der Waals surface area contributed by atoms with Crippen LogP contribution in [0.15, 0.2) is 15.9 Å². The number of hydrogen-bond donors (Lipinski definition) is 0. The van der Waals surface area contributed by atoms with Crippen LogP contribution >= 0.6 is 43.2 Å². The van der Waals surface area contributed by atoms with Crippen LogP contribution in [0.1, 0.15) is 9.70 Å². The summed E-state index contributed by atoms with van der Waals surface area (Å²) in [4.78, 5) is 11.2. The SMILES string of the molecule is O=CC(Br)c1sccc1Br. The van der Waals surface area contributed by atoms with Gasteiger partial charge in [0.2, 0.25) is 0 Å². The number of hydrogen-bond acceptors (Lipinski definition) is 2. The third-order valence-electron chi connectivity index (χ3n) is 1.01. The van der Waals surface area contributed by atoms with Gasteiger partial charge in [0.25, 0.3) is 0 Å². The average molecular weight is 284 g/mol. The van der Waals surface area contributed by atoms with Crippen LogP contribution in [0.25, 0.3) is 0 Å². The number of halogens is 2. The molecule has 0 aliphatic carbocycles. The zero-order chi connectivity index (χ0) is 7.56. The molecule has 0 radical (unpaired) electrons. The second-order valence-electron chi connectivity index (χ2n) is 1.67. The van der Waals surface area contributed by atoms with Crippen LogP contribution in [0.3, 0.4) is 0 Å². The fraction of sp³-hybridized carbons (Fsp3) is 0.167. The van der Waals surface area contributed by atoms with Crippen molar-refractivity contribution >= 4 is 49.5 Å². The summed E-state index contributed by atoms with van der Waals surface area (Å²) < 4.78 is 0.992. The second kappa shape index (κ2) is 3.64. The van der Waals surface area contributed by atoms with E-state index in [1.165, 1.54) is 0 Å². The lowest BCUT2D eigenvalue weighted by atomic mass is 10.4. The molecule has 0 bridgehead atoms. The zero-order valence-electron chi connectivity index (χ0n) is 4.88. The van der Waals surface area contributed by atoms with Crippen molar-refractivity contribution in [1.82, 2.24) is 0 Å². The second-order valence-corrected chi connectivity index (χ2v) is 4.46. The van der Waals surface area contributed by atoms with Gasteiger partial charge < -0.3 is 4.79 Å². The zero-order valence-corrected chi connectivity index (χ0v) is 8.87. The maximum Gasteiger partial charge on any atom is 0.138 e. The molecule has 1 rings (SSSR count). The Hall–Kier alpha value is 0.330. The highest BCUT2D eigenvalue weighted by atomic mass is 79.9. The molecule has 1 heterocycles. The average Bonchev–Trinajstić information content (AvgIpc) is 2.34. The van der Waals surface area contributed by atoms with E-state index in [4.69, 9.17) is 0 Å². The molecule has 1 aromatic rings. The lowest BCUT2D eigenvalue weighted by Gasteiger charge is -1.96. The van der Waals surface area contributed by atoms with Crippen molar-refractivity contribution in [3.05, 3.63) is 20.8 Å². The van der Waals surface area contributed by atoms with Crippen LogP contribution in [0.2, 0.25) is 0 Å². The predicted octanol–water partition coefficient (Wildman–Crippen LogP) is 3.15. The van der Waals surface area contributed by atoms with E-state index in [-0.39, 0.29) is 4.83 Å². The van der Waals surface area contributed by atoms with Crippen molar-refractivity contribution in [2.24, 2.45) is 0 Å². The molecule has 1 unspecified atom stereocenters. The number of carbonyl (C=O) groups excluding carboxylic acids is 1. The highest BCUT2D eigenvalue weighted by Gasteiger charge is 2.10. The molecular weight excluding hydrogens is 280 g/mol. The molecule has 1 nitrogen and oxygen atoms in total. The van der Waals surface area contributed by atoms with Crippen molar-refractivity contribution in [3.8, 4) is 0 Å². The van der Waals surface area contributed by atoms with Crippen LogP contribution in [-0.4, -0.2) is 6.29 Å². The first-order chi connectivity index (χ1) is 4.75. The molecular formula is C6H4Br2OS. The summed E-state index contributed by atoms with van der Waals surface area (Å²) in [6.45, 7) is 0. The van der Waals surface area contributed by atoms with Gasteiger partial charge in [-0.2, -0.15) is 0 Å². The van der Waals surface area contributed by atoms with E-state index in [9.17, 15) is 4.79 Å². The van der Waals surface area contributed by atoms with Crippen molar-refractivity contribution in [2.75, 3.05) is 0 Å². The normalized spacial score (nSPS) is 13.0. The van der Waals surface area contributed by atoms with Crippen molar-refractivity contribution in [2.45, 2.75) is 4.83 Å². The summed E-state index contributed by atoms with van der Waals surface area (Å²) in [6.07, 6.45) is 0.872. The first-order valence-corrected chi connectivity index (χ1v) is 5.17. The van der Waals surface area contributed by atoms with Crippen molar-refractivity contribution in [3.63, 3.8) is 0 Å². The lowest BCUT2D eigenvalue weighted by molar-refractivity contribution is -0.107. The summed E-state index contributed by atoms with van der Waals surface area (Å²) in [7, 11) is 0. The van der Waals surface area contributed by atoms with E-state index in [0.29, 0.717) is 0 Å². The maximum absolute atomic E-state index is 10.3. The Morgan fingerprint density at radius 1 is 1.70 bits per heavy atom. The minimum Gasteiger partial charge on any atom is -0.302 e.